The summed E-state index contributed by atoms with van der Waals surface area (Å²) in [7, 11) is 0. The monoisotopic (exact) mass is 414 g/mol. The molecule has 6 heteroatoms. The van der Waals surface area contributed by atoms with Crippen molar-refractivity contribution in [2.45, 2.75) is 110 Å². The van der Waals surface area contributed by atoms with E-state index in [1.54, 1.807) is 0 Å². The predicted octanol–water partition coefficient (Wildman–Crippen LogP) is 4.05. The Hall–Kier alpha value is -1.24. The number of ether oxygens (including phenoxy) is 1. The van der Waals surface area contributed by atoms with Gasteiger partial charge in [-0.2, -0.15) is 0 Å². The Bertz CT molecular complexity index is 447. The lowest BCUT2D eigenvalue weighted by molar-refractivity contribution is -0.171. The lowest BCUT2D eigenvalue weighted by Crippen LogP contribution is -2.34. The lowest BCUT2D eigenvalue weighted by atomic mass is 9.96. The molecule has 6 nitrogen and oxygen atoms in total. The van der Waals surface area contributed by atoms with Gasteiger partial charge >= 0.3 is 11.9 Å². The zero-order chi connectivity index (χ0) is 21.9. The SMILES string of the molecule is CCCCCCCC/C=C\CCCCCCC(C(=O)OC(=O)C(O)CO)C(C)O. The smallest absolute Gasteiger partial charge is 0.345 e. The average Bonchev–Trinajstić information content (AvgIpc) is 2.69. The molecule has 3 atom stereocenters. The maximum absolute atomic E-state index is 12.0. The standard InChI is InChI=1S/C23H42O6/c1-3-4-5-6-7-8-9-10-11-12-13-14-15-16-17-20(19(2)25)22(27)29-23(28)21(26)18-24/h10-11,19-21,24-26H,3-9,12-18H2,1-2H3/b11-10-. The molecule has 0 aliphatic rings. The van der Waals surface area contributed by atoms with E-state index >= 15 is 0 Å². The molecule has 0 amide bonds. The molecule has 0 aromatic heterocycles. The van der Waals surface area contributed by atoms with Crippen LogP contribution in [0.15, 0.2) is 12.2 Å². The van der Waals surface area contributed by atoms with E-state index in [0.717, 1.165) is 38.5 Å². The summed E-state index contributed by atoms with van der Waals surface area (Å²) in [4.78, 5) is 23.3. The fourth-order valence-corrected chi connectivity index (χ4v) is 3.13. The van der Waals surface area contributed by atoms with Crippen LogP contribution in [0.1, 0.15) is 97.3 Å². The van der Waals surface area contributed by atoms with Crippen molar-refractivity contribution in [2.24, 2.45) is 5.92 Å². The number of rotatable bonds is 18. The topological polar surface area (TPSA) is 104 Å². The van der Waals surface area contributed by atoms with Gasteiger partial charge in [0.2, 0.25) is 0 Å². The summed E-state index contributed by atoms with van der Waals surface area (Å²) >= 11 is 0. The third-order valence-corrected chi connectivity index (χ3v) is 5.06. The highest BCUT2D eigenvalue weighted by molar-refractivity contribution is 5.89. The molecule has 0 aromatic rings. The Balaban J connectivity index is 3.80. The zero-order valence-corrected chi connectivity index (χ0v) is 18.4. The van der Waals surface area contributed by atoms with Crippen LogP contribution < -0.4 is 0 Å². The summed E-state index contributed by atoms with van der Waals surface area (Å²) in [6.07, 6.45) is 16.3. The third-order valence-electron chi connectivity index (χ3n) is 5.06. The first-order chi connectivity index (χ1) is 13.9. The average molecular weight is 415 g/mol. The zero-order valence-electron chi connectivity index (χ0n) is 18.4. The van der Waals surface area contributed by atoms with E-state index in [1.807, 2.05) is 0 Å². The van der Waals surface area contributed by atoms with Crippen molar-refractivity contribution >= 4 is 11.9 Å². The Morgan fingerprint density at radius 3 is 1.86 bits per heavy atom. The third kappa shape index (κ3) is 15.3. The van der Waals surface area contributed by atoms with Crippen molar-refractivity contribution < 1.29 is 29.6 Å². The van der Waals surface area contributed by atoms with Crippen molar-refractivity contribution in [1.29, 1.82) is 0 Å². The Morgan fingerprint density at radius 1 is 0.828 bits per heavy atom. The molecule has 0 heterocycles. The van der Waals surface area contributed by atoms with Crippen molar-refractivity contribution in [3.8, 4) is 0 Å². The minimum atomic E-state index is -1.73. The van der Waals surface area contributed by atoms with Gasteiger partial charge in [-0.3, -0.25) is 4.79 Å². The van der Waals surface area contributed by atoms with Gasteiger partial charge in [0.1, 0.15) is 0 Å². The fourth-order valence-electron chi connectivity index (χ4n) is 3.13. The summed E-state index contributed by atoms with van der Waals surface area (Å²) in [5, 5.41) is 27.6. The number of esters is 2. The van der Waals surface area contributed by atoms with Crippen molar-refractivity contribution in [3.63, 3.8) is 0 Å². The van der Waals surface area contributed by atoms with Gasteiger partial charge in [-0.1, -0.05) is 70.4 Å². The maximum atomic E-state index is 12.0. The Labute approximate surface area is 176 Å². The van der Waals surface area contributed by atoms with Crippen LogP contribution in [0, 0.1) is 5.92 Å². The lowest BCUT2D eigenvalue weighted by Gasteiger charge is -2.18. The van der Waals surface area contributed by atoms with Crippen LogP contribution in [-0.2, 0) is 14.3 Å². The van der Waals surface area contributed by atoms with Crippen LogP contribution in [0.5, 0.6) is 0 Å². The number of carbonyl (C=O) groups is 2. The van der Waals surface area contributed by atoms with E-state index < -0.39 is 36.7 Å². The molecule has 0 aromatic carbocycles. The van der Waals surface area contributed by atoms with Crippen LogP contribution in [-0.4, -0.2) is 46.1 Å². The molecule has 3 N–H and O–H groups in total. The summed E-state index contributed by atoms with van der Waals surface area (Å²) in [6, 6.07) is 0. The second kappa shape index (κ2) is 18.8. The molecule has 0 aliphatic heterocycles. The second-order valence-electron chi connectivity index (χ2n) is 7.81. The van der Waals surface area contributed by atoms with E-state index in [4.69, 9.17) is 10.2 Å². The quantitative estimate of drug-likeness (QED) is 0.135. The molecule has 0 radical (unpaired) electrons. The first kappa shape index (κ1) is 27.8. The molecule has 0 saturated carbocycles. The fraction of sp³-hybridized carbons (Fsp3) is 0.826. The number of aliphatic hydroxyl groups is 3. The van der Waals surface area contributed by atoms with E-state index in [0.29, 0.717) is 6.42 Å². The van der Waals surface area contributed by atoms with Gasteiger partial charge in [0.15, 0.2) is 6.10 Å². The highest BCUT2D eigenvalue weighted by Crippen LogP contribution is 2.17. The number of allylic oxidation sites excluding steroid dienone is 2. The number of carbonyl (C=O) groups excluding carboxylic acids is 2. The molecular formula is C23H42O6. The van der Waals surface area contributed by atoms with Gasteiger partial charge in [-0.25, -0.2) is 4.79 Å². The first-order valence-corrected chi connectivity index (χ1v) is 11.3. The summed E-state index contributed by atoms with van der Waals surface area (Å²) in [5.41, 5.74) is 0. The minimum absolute atomic E-state index is 0.423. The molecule has 29 heavy (non-hydrogen) atoms. The summed E-state index contributed by atoms with van der Waals surface area (Å²) < 4.78 is 4.54. The van der Waals surface area contributed by atoms with E-state index in [9.17, 15) is 14.7 Å². The number of hydrogen-bond donors (Lipinski definition) is 3. The molecular weight excluding hydrogens is 372 g/mol. The maximum Gasteiger partial charge on any atom is 0.345 e. The number of unbranched alkanes of at least 4 members (excludes halogenated alkanes) is 10. The highest BCUT2D eigenvalue weighted by Gasteiger charge is 2.28. The minimum Gasteiger partial charge on any atom is -0.393 e. The van der Waals surface area contributed by atoms with Gasteiger partial charge in [0.05, 0.1) is 18.6 Å². The highest BCUT2D eigenvalue weighted by atomic mass is 16.6. The van der Waals surface area contributed by atoms with Crippen LogP contribution in [0.2, 0.25) is 0 Å². The van der Waals surface area contributed by atoms with E-state index in [-0.39, 0.29) is 0 Å². The van der Waals surface area contributed by atoms with Gasteiger partial charge in [-0.15, -0.1) is 0 Å². The number of hydrogen-bond acceptors (Lipinski definition) is 6. The Kier molecular flexibility index (Phi) is 18.0. The van der Waals surface area contributed by atoms with Crippen LogP contribution in [0.25, 0.3) is 0 Å². The van der Waals surface area contributed by atoms with Crippen LogP contribution in [0.4, 0.5) is 0 Å². The normalized spacial score (nSPS) is 14.7. The van der Waals surface area contributed by atoms with Crippen molar-refractivity contribution in [2.75, 3.05) is 6.61 Å². The van der Waals surface area contributed by atoms with Gasteiger partial charge < -0.3 is 20.1 Å². The first-order valence-electron chi connectivity index (χ1n) is 11.3. The molecule has 0 spiro atoms. The van der Waals surface area contributed by atoms with Crippen LogP contribution in [0.3, 0.4) is 0 Å². The molecule has 0 aliphatic carbocycles. The van der Waals surface area contributed by atoms with Crippen molar-refractivity contribution in [3.05, 3.63) is 12.2 Å². The molecule has 3 unspecified atom stereocenters. The number of aliphatic hydroxyl groups excluding tert-OH is 3. The van der Waals surface area contributed by atoms with Crippen molar-refractivity contribution in [1.82, 2.24) is 0 Å². The molecule has 170 valence electrons. The summed E-state index contributed by atoms with van der Waals surface area (Å²) in [6.45, 7) is 2.91. The Morgan fingerprint density at radius 2 is 1.34 bits per heavy atom. The molecule has 0 saturated heterocycles. The van der Waals surface area contributed by atoms with E-state index in [2.05, 4.69) is 23.8 Å². The summed E-state index contributed by atoms with van der Waals surface area (Å²) in [5.74, 6) is -2.84. The molecule has 0 rings (SSSR count). The van der Waals surface area contributed by atoms with Crippen LogP contribution >= 0.6 is 0 Å². The van der Waals surface area contributed by atoms with E-state index in [1.165, 1.54) is 45.4 Å². The predicted molar refractivity (Wildman–Crippen MR) is 114 cm³/mol. The molecule has 0 bridgehead atoms. The van der Waals surface area contributed by atoms with Gasteiger partial charge in [0.25, 0.3) is 0 Å². The van der Waals surface area contributed by atoms with Gasteiger partial charge in [0, 0.05) is 0 Å². The second-order valence-corrected chi connectivity index (χ2v) is 7.81. The largest absolute Gasteiger partial charge is 0.393 e. The van der Waals surface area contributed by atoms with Gasteiger partial charge in [-0.05, 0) is 39.0 Å². The molecule has 0 fully saturated rings.